The number of piperidine rings is 1. The largest absolute Gasteiger partial charge is 0.475 e. The number of amides is 1. The van der Waals surface area contributed by atoms with Gasteiger partial charge in [-0.15, -0.1) is 0 Å². The molecule has 1 amide bonds. The Labute approximate surface area is 164 Å². The smallest absolute Gasteiger partial charge is 0.371 e. The van der Waals surface area contributed by atoms with Crippen molar-refractivity contribution in [3.8, 4) is 0 Å². The van der Waals surface area contributed by atoms with Gasteiger partial charge in [0, 0.05) is 24.6 Å². The Kier molecular flexibility index (Phi) is 5.97. The van der Waals surface area contributed by atoms with Gasteiger partial charge in [0.15, 0.2) is 11.5 Å². The van der Waals surface area contributed by atoms with Crippen molar-refractivity contribution in [1.29, 1.82) is 0 Å². The van der Waals surface area contributed by atoms with E-state index in [1.165, 1.54) is 17.7 Å². The highest BCUT2D eigenvalue weighted by Crippen LogP contribution is 2.24. The number of carboxylic acids is 1. The number of Topliss-reactive ketones (excluding diaryl/α,β-unsaturated/α-hetero) is 1. The zero-order valence-electron chi connectivity index (χ0n) is 16.2. The number of ketones is 1. The lowest BCUT2D eigenvalue weighted by molar-refractivity contribution is 0.0606. The summed E-state index contributed by atoms with van der Waals surface area (Å²) in [5.74, 6) is -1.19. The highest BCUT2D eigenvalue weighted by molar-refractivity contribution is 5.98. The summed E-state index contributed by atoms with van der Waals surface area (Å²) in [6.07, 6.45) is 2.17. The summed E-state index contributed by atoms with van der Waals surface area (Å²) < 4.78 is 5.08. The number of furan rings is 1. The van der Waals surface area contributed by atoms with Gasteiger partial charge in [-0.3, -0.25) is 9.59 Å². The van der Waals surface area contributed by atoms with Gasteiger partial charge in [0.1, 0.15) is 0 Å². The van der Waals surface area contributed by atoms with Crippen LogP contribution in [0.15, 0.2) is 40.8 Å². The van der Waals surface area contributed by atoms with E-state index in [0.29, 0.717) is 31.8 Å². The molecule has 1 aromatic carbocycles. The summed E-state index contributed by atoms with van der Waals surface area (Å²) in [6.45, 7) is 5.23. The van der Waals surface area contributed by atoms with Gasteiger partial charge in [0.2, 0.25) is 5.76 Å². The van der Waals surface area contributed by atoms with Gasteiger partial charge in [0.05, 0.1) is 0 Å². The topological polar surface area (TPSA) is 87.8 Å². The van der Waals surface area contributed by atoms with Crippen LogP contribution < -0.4 is 0 Å². The van der Waals surface area contributed by atoms with E-state index in [9.17, 15) is 14.4 Å². The number of likely N-dealkylation sites (tertiary alicyclic amines) is 1. The summed E-state index contributed by atoms with van der Waals surface area (Å²) >= 11 is 0. The highest BCUT2D eigenvalue weighted by atomic mass is 16.4. The van der Waals surface area contributed by atoms with E-state index in [0.717, 1.165) is 12.0 Å². The quantitative estimate of drug-likeness (QED) is 0.764. The summed E-state index contributed by atoms with van der Waals surface area (Å²) in [4.78, 5) is 37.7. The van der Waals surface area contributed by atoms with E-state index in [4.69, 9.17) is 9.52 Å². The fourth-order valence-corrected chi connectivity index (χ4v) is 3.58. The molecule has 0 saturated carbocycles. The van der Waals surface area contributed by atoms with Crippen molar-refractivity contribution in [3.05, 3.63) is 59.0 Å². The fraction of sp³-hybridized carbons (Fsp3) is 0.409. The Morgan fingerprint density at radius 3 is 2.18 bits per heavy atom. The molecular weight excluding hydrogens is 358 g/mol. The summed E-state index contributed by atoms with van der Waals surface area (Å²) in [7, 11) is 0. The Hall–Kier alpha value is -2.89. The molecule has 1 aliphatic heterocycles. The van der Waals surface area contributed by atoms with E-state index in [1.807, 2.05) is 24.3 Å². The molecule has 6 nitrogen and oxygen atoms in total. The molecule has 0 spiro atoms. The average molecular weight is 383 g/mol. The van der Waals surface area contributed by atoms with Crippen LogP contribution in [0.5, 0.6) is 0 Å². The molecular formula is C22H25NO5. The van der Waals surface area contributed by atoms with E-state index in [2.05, 4.69) is 13.8 Å². The number of carboxylic acid groups (broad SMARTS) is 1. The number of nitrogens with zero attached hydrogens (tertiary/aromatic N) is 1. The first-order valence-electron chi connectivity index (χ1n) is 9.60. The first kappa shape index (κ1) is 19.9. The monoisotopic (exact) mass is 383 g/mol. The molecule has 6 heteroatoms. The standard InChI is InChI=1S/C22H25NO5/c1-14(2)13-15-3-5-16(6-4-15)20(24)17-9-11-23(12-10-17)21(25)18-7-8-19(28-18)22(26)27/h3-8,14,17H,9-13H2,1-2H3,(H,26,27). The molecule has 2 aromatic rings. The van der Waals surface area contributed by atoms with E-state index in [1.54, 1.807) is 4.90 Å². The average Bonchev–Trinajstić information content (AvgIpc) is 3.18. The molecule has 1 N–H and O–H groups in total. The lowest BCUT2D eigenvalue weighted by Crippen LogP contribution is -2.40. The number of aromatic carboxylic acids is 1. The third-order valence-electron chi connectivity index (χ3n) is 5.06. The van der Waals surface area contributed by atoms with Crippen molar-refractivity contribution in [2.75, 3.05) is 13.1 Å². The molecule has 2 heterocycles. The molecule has 0 unspecified atom stereocenters. The van der Waals surface area contributed by atoms with Crippen molar-refractivity contribution in [2.45, 2.75) is 33.1 Å². The third kappa shape index (κ3) is 4.50. The Morgan fingerprint density at radius 2 is 1.64 bits per heavy atom. The van der Waals surface area contributed by atoms with E-state index >= 15 is 0 Å². The Morgan fingerprint density at radius 1 is 1.04 bits per heavy atom. The first-order chi connectivity index (χ1) is 13.3. The minimum atomic E-state index is -1.21. The second-order valence-electron chi connectivity index (χ2n) is 7.69. The normalized spacial score (nSPS) is 15.0. The predicted molar refractivity (Wildman–Crippen MR) is 104 cm³/mol. The zero-order chi connectivity index (χ0) is 20.3. The highest BCUT2D eigenvalue weighted by Gasteiger charge is 2.29. The molecule has 1 saturated heterocycles. The summed E-state index contributed by atoms with van der Waals surface area (Å²) in [5, 5.41) is 8.90. The third-order valence-corrected chi connectivity index (χ3v) is 5.06. The first-order valence-corrected chi connectivity index (χ1v) is 9.60. The SMILES string of the molecule is CC(C)Cc1ccc(C(=O)C2CCN(C(=O)c3ccc(C(=O)O)o3)CC2)cc1. The zero-order valence-corrected chi connectivity index (χ0v) is 16.2. The number of carbonyl (C=O) groups excluding carboxylic acids is 2. The van der Waals surface area contributed by atoms with Gasteiger partial charge in [-0.25, -0.2) is 4.79 Å². The number of rotatable bonds is 6. The van der Waals surface area contributed by atoms with Crippen molar-refractivity contribution < 1.29 is 23.9 Å². The molecule has 28 heavy (non-hydrogen) atoms. The molecule has 148 valence electrons. The molecule has 0 radical (unpaired) electrons. The van der Waals surface area contributed by atoms with Gasteiger partial charge < -0.3 is 14.4 Å². The van der Waals surface area contributed by atoms with Gasteiger partial charge in [0.25, 0.3) is 5.91 Å². The van der Waals surface area contributed by atoms with Crippen LogP contribution in [0, 0.1) is 11.8 Å². The van der Waals surface area contributed by atoms with Gasteiger partial charge >= 0.3 is 5.97 Å². The molecule has 3 rings (SSSR count). The van der Waals surface area contributed by atoms with Gasteiger partial charge in [-0.1, -0.05) is 38.1 Å². The van der Waals surface area contributed by atoms with Crippen LogP contribution in [0.3, 0.4) is 0 Å². The van der Waals surface area contributed by atoms with Crippen LogP contribution >= 0.6 is 0 Å². The second kappa shape index (κ2) is 8.42. The van der Waals surface area contributed by atoms with Crippen LogP contribution in [0.25, 0.3) is 0 Å². The molecule has 0 atom stereocenters. The van der Waals surface area contributed by atoms with Gasteiger partial charge in [-0.05, 0) is 42.9 Å². The van der Waals surface area contributed by atoms with Crippen LogP contribution in [0.4, 0.5) is 0 Å². The molecule has 1 aromatic heterocycles. The fourth-order valence-electron chi connectivity index (χ4n) is 3.58. The predicted octanol–water partition coefficient (Wildman–Crippen LogP) is 3.91. The van der Waals surface area contributed by atoms with Crippen LogP contribution in [-0.4, -0.2) is 40.8 Å². The van der Waals surface area contributed by atoms with E-state index < -0.39 is 5.97 Å². The minimum Gasteiger partial charge on any atom is -0.475 e. The Balaban J connectivity index is 1.57. The van der Waals surface area contributed by atoms with Crippen molar-refractivity contribution in [2.24, 2.45) is 11.8 Å². The van der Waals surface area contributed by atoms with Crippen molar-refractivity contribution in [1.82, 2.24) is 4.90 Å². The van der Waals surface area contributed by atoms with Crippen LogP contribution in [-0.2, 0) is 6.42 Å². The van der Waals surface area contributed by atoms with Crippen LogP contribution in [0.2, 0.25) is 0 Å². The summed E-state index contributed by atoms with van der Waals surface area (Å²) in [6, 6.07) is 10.5. The molecule has 0 bridgehead atoms. The lowest BCUT2D eigenvalue weighted by atomic mass is 9.88. The van der Waals surface area contributed by atoms with Crippen molar-refractivity contribution >= 4 is 17.7 Å². The van der Waals surface area contributed by atoms with Crippen LogP contribution in [0.1, 0.15) is 63.7 Å². The molecule has 1 aliphatic rings. The maximum atomic E-state index is 12.8. The van der Waals surface area contributed by atoms with Crippen molar-refractivity contribution in [3.63, 3.8) is 0 Å². The lowest BCUT2D eigenvalue weighted by Gasteiger charge is -2.30. The maximum absolute atomic E-state index is 12.8. The number of hydrogen-bond donors (Lipinski definition) is 1. The second-order valence-corrected chi connectivity index (χ2v) is 7.69. The molecule has 0 aliphatic carbocycles. The van der Waals surface area contributed by atoms with Gasteiger partial charge in [-0.2, -0.15) is 0 Å². The number of benzene rings is 1. The molecule has 1 fully saturated rings. The van der Waals surface area contributed by atoms with E-state index in [-0.39, 0.29) is 29.1 Å². The number of carbonyl (C=O) groups is 3. The minimum absolute atomic E-state index is 0.0166. The summed E-state index contributed by atoms with van der Waals surface area (Å²) in [5.41, 5.74) is 1.94. The Bertz CT molecular complexity index is 857. The maximum Gasteiger partial charge on any atom is 0.371 e. The number of hydrogen-bond acceptors (Lipinski definition) is 4.